The summed E-state index contributed by atoms with van der Waals surface area (Å²) >= 11 is 6.51. The van der Waals surface area contributed by atoms with Crippen LogP contribution in [-0.2, 0) is 20.1 Å². The van der Waals surface area contributed by atoms with Gasteiger partial charge in [0.05, 0.1) is 23.1 Å². The summed E-state index contributed by atoms with van der Waals surface area (Å²) in [6.07, 6.45) is 4.51. The number of benzene rings is 2. The first-order valence-electron chi connectivity index (χ1n) is 12.0. The van der Waals surface area contributed by atoms with Gasteiger partial charge in [0, 0.05) is 29.7 Å². The fraction of sp³-hybridized carbons (Fsp3) is 0.407. The van der Waals surface area contributed by atoms with Crippen LogP contribution in [-0.4, -0.2) is 30.1 Å². The van der Waals surface area contributed by atoms with E-state index in [2.05, 4.69) is 37.6 Å². The second-order valence-electron chi connectivity index (χ2n) is 9.49. The maximum atomic E-state index is 13.6. The van der Waals surface area contributed by atoms with Gasteiger partial charge in [0.2, 0.25) is 0 Å². The molecule has 2 aromatic heterocycles. The topological polar surface area (TPSA) is 89.4 Å². The maximum Gasteiger partial charge on any atom is 0.503 e. The molecule has 0 amide bonds. The van der Waals surface area contributed by atoms with Gasteiger partial charge in [-0.1, -0.05) is 43.0 Å². The van der Waals surface area contributed by atoms with E-state index in [0.29, 0.717) is 12.5 Å². The Morgan fingerprint density at radius 1 is 1.03 bits per heavy atom. The first-order chi connectivity index (χ1) is 16.7. The van der Waals surface area contributed by atoms with Crippen LogP contribution in [0.2, 0.25) is 5.02 Å². The number of imidazole rings is 1. The zero-order valence-electron chi connectivity index (χ0n) is 20.4. The molecule has 5 rings (SSSR count). The first-order valence-corrected chi connectivity index (χ1v) is 12.4. The Hall–Kier alpha value is -3.19. The minimum absolute atomic E-state index is 0.0857. The lowest BCUT2D eigenvalue weighted by molar-refractivity contribution is 0.137. The summed E-state index contributed by atoms with van der Waals surface area (Å²) < 4.78 is 6.16. The van der Waals surface area contributed by atoms with Crippen molar-refractivity contribution in [2.75, 3.05) is 0 Å². The van der Waals surface area contributed by atoms with Gasteiger partial charge in [-0.25, -0.2) is 9.59 Å². The average Bonchev–Trinajstić information content (AvgIpc) is 3.20. The average molecular weight is 498 g/mol. The standard InChI is InChI=1S/C26H30ClN3O.CH2O3/c1-17-18(2)28(3)25-20(13-21(27)14-22(17)25)16-30-24-12-8-7-11-23(24)29(26(30)31)15-19-9-5-4-6-10-19;2-1(3)4/h7-8,11-14,19H,4-6,9-10,15-16H2,1-3H3;(H2,2,3,4). The summed E-state index contributed by atoms with van der Waals surface area (Å²) in [5, 5.41) is 15.8. The highest BCUT2D eigenvalue weighted by Crippen LogP contribution is 2.31. The van der Waals surface area contributed by atoms with Gasteiger partial charge in [-0.15, -0.1) is 0 Å². The largest absolute Gasteiger partial charge is 0.503 e. The normalized spacial score (nSPS) is 14.3. The molecule has 0 aliphatic heterocycles. The Morgan fingerprint density at radius 2 is 1.63 bits per heavy atom. The second kappa shape index (κ2) is 10.2. The van der Waals surface area contributed by atoms with Crippen LogP contribution in [0.4, 0.5) is 4.79 Å². The number of carbonyl (C=O) groups is 1. The van der Waals surface area contributed by atoms with Crippen LogP contribution in [0.5, 0.6) is 0 Å². The van der Waals surface area contributed by atoms with Crippen molar-refractivity contribution in [2.45, 2.75) is 59.0 Å². The van der Waals surface area contributed by atoms with E-state index in [4.69, 9.17) is 26.6 Å². The molecule has 0 atom stereocenters. The molecule has 1 saturated carbocycles. The molecule has 35 heavy (non-hydrogen) atoms. The van der Waals surface area contributed by atoms with Crippen LogP contribution in [0.3, 0.4) is 0 Å². The molecule has 0 radical (unpaired) electrons. The lowest BCUT2D eigenvalue weighted by Crippen LogP contribution is -2.28. The summed E-state index contributed by atoms with van der Waals surface area (Å²) in [7, 11) is 2.09. The Bertz CT molecular complexity index is 1440. The zero-order valence-corrected chi connectivity index (χ0v) is 21.2. The van der Waals surface area contributed by atoms with Crippen LogP contribution >= 0.6 is 11.6 Å². The third kappa shape index (κ3) is 4.96. The highest BCUT2D eigenvalue weighted by molar-refractivity contribution is 6.31. The van der Waals surface area contributed by atoms with Crippen molar-refractivity contribution >= 4 is 39.7 Å². The molecule has 1 aliphatic rings. The molecule has 0 bridgehead atoms. The predicted octanol–water partition coefficient (Wildman–Crippen LogP) is 6.42. The van der Waals surface area contributed by atoms with E-state index in [1.807, 2.05) is 33.4 Å². The van der Waals surface area contributed by atoms with Crippen LogP contribution in [0.1, 0.15) is 48.9 Å². The van der Waals surface area contributed by atoms with Crippen molar-refractivity contribution in [3.63, 3.8) is 0 Å². The van der Waals surface area contributed by atoms with E-state index in [9.17, 15) is 4.79 Å². The number of hydrogen-bond donors (Lipinski definition) is 2. The molecule has 0 saturated heterocycles. The van der Waals surface area contributed by atoms with E-state index in [1.165, 1.54) is 48.7 Å². The summed E-state index contributed by atoms with van der Waals surface area (Å²) in [4.78, 5) is 22.2. The van der Waals surface area contributed by atoms with Crippen LogP contribution < -0.4 is 5.69 Å². The first kappa shape index (κ1) is 24.9. The number of aryl methyl sites for hydroxylation is 2. The van der Waals surface area contributed by atoms with Gasteiger partial charge in [0.1, 0.15) is 0 Å². The van der Waals surface area contributed by atoms with E-state index in [0.717, 1.165) is 33.7 Å². The van der Waals surface area contributed by atoms with Gasteiger partial charge < -0.3 is 14.8 Å². The van der Waals surface area contributed by atoms with Crippen molar-refractivity contribution in [1.29, 1.82) is 0 Å². The molecule has 1 aliphatic carbocycles. The monoisotopic (exact) mass is 497 g/mol. The lowest BCUT2D eigenvalue weighted by Gasteiger charge is -2.21. The zero-order chi connectivity index (χ0) is 25.3. The number of carboxylic acid groups (broad SMARTS) is 2. The molecule has 0 spiro atoms. The molecule has 2 N–H and O–H groups in total. The van der Waals surface area contributed by atoms with Crippen LogP contribution in [0, 0.1) is 19.8 Å². The van der Waals surface area contributed by atoms with Gasteiger partial charge in [-0.2, -0.15) is 0 Å². The van der Waals surface area contributed by atoms with E-state index >= 15 is 0 Å². The Balaban J connectivity index is 0.000000672. The molecule has 8 heteroatoms. The van der Waals surface area contributed by atoms with Crippen molar-refractivity contribution in [3.8, 4) is 0 Å². The van der Waals surface area contributed by atoms with Crippen molar-refractivity contribution in [3.05, 3.63) is 68.7 Å². The summed E-state index contributed by atoms with van der Waals surface area (Å²) in [6.45, 7) is 5.61. The lowest BCUT2D eigenvalue weighted by atomic mass is 9.89. The fourth-order valence-electron chi connectivity index (χ4n) is 5.47. The molecule has 0 unspecified atom stereocenters. The molecular weight excluding hydrogens is 466 g/mol. The highest BCUT2D eigenvalue weighted by atomic mass is 35.5. The minimum Gasteiger partial charge on any atom is -0.450 e. The fourth-order valence-corrected chi connectivity index (χ4v) is 5.71. The molecular formula is C27H32ClN3O4. The van der Waals surface area contributed by atoms with Crippen molar-refractivity contribution < 1.29 is 15.0 Å². The minimum atomic E-state index is -1.83. The SMILES string of the molecule is Cc1c(C)n(C)c2c(Cn3c(=O)n(CC4CCCCC4)c4ccccc43)cc(Cl)cc12.O=C(O)O. The van der Waals surface area contributed by atoms with Crippen LogP contribution in [0.15, 0.2) is 41.2 Å². The van der Waals surface area contributed by atoms with Crippen LogP contribution in [0.25, 0.3) is 21.9 Å². The number of halogens is 1. The highest BCUT2D eigenvalue weighted by Gasteiger charge is 2.21. The van der Waals surface area contributed by atoms with Gasteiger partial charge >= 0.3 is 11.8 Å². The summed E-state index contributed by atoms with van der Waals surface area (Å²) in [6, 6.07) is 12.3. The van der Waals surface area contributed by atoms with Gasteiger partial charge in [-0.05, 0) is 68.0 Å². The third-order valence-electron chi connectivity index (χ3n) is 7.36. The quantitative estimate of drug-likeness (QED) is 0.340. The number of nitrogens with zero attached hydrogens (tertiary/aromatic N) is 3. The molecule has 4 aromatic rings. The Kier molecular flexibility index (Phi) is 7.26. The van der Waals surface area contributed by atoms with Gasteiger partial charge in [0.25, 0.3) is 0 Å². The molecule has 2 heterocycles. The van der Waals surface area contributed by atoms with E-state index < -0.39 is 6.16 Å². The van der Waals surface area contributed by atoms with Gasteiger partial charge in [-0.3, -0.25) is 9.13 Å². The molecule has 1 fully saturated rings. The van der Waals surface area contributed by atoms with E-state index in [-0.39, 0.29) is 5.69 Å². The molecule has 7 nitrogen and oxygen atoms in total. The number of aromatic nitrogens is 3. The summed E-state index contributed by atoms with van der Waals surface area (Å²) in [5.41, 5.74) is 6.84. The smallest absolute Gasteiger partial charge is 0.450 e. The Labute approximate surface area is 209 Å². The number of para-hydroxylation sites is 2. The molecule has 2 aromatic carbocycles. The van der Waals surface area contributed by atoms with Gasteiger partial charge in [0.15, 0.2) is 0 Å². The summed E-state index contributed by atoms with van der Waals surface area (Å²) in [5.74, 6) is 0.599. The van der Waals surface area contributed by atoms with E-state index in [1.54, 1.807) is 0 Å². The van der Waals surface area contributed by atoms with Crippen molar-refractivity contribution in [1.82, 2.24) is 13.7 Å². The number of rotatable bonds is 4. The van der Waals surface area contributed by atoms with Crippen molar-refractivity contribution in [2.24, 2.45) is 13.0 Å². The second-order valence-corrected chi connectivity index (χ2v) is 9.92. The Morgan fingerprint density at radius 3 is 2.26 bits per heavy atom. The maximum absolute atomic E-state index is 13.6. The third-order valence-corrected chi connectivity index (χ3v) is 7.58. The molecule has 186 valence electrons. The number of fused-ring (bicyclic) bond motifs is 2. The predicted molar refractivity (Wildman–Crippen MR) is 140 cm³/mol. The number of hydrogen-bond acceptors (Lipinski definition) is 2.